The van der Waals surface area contributed by atoms with E-state index < -0.39 is 54.1 Å². The summed E-state index contributed by atoms with van der Waals surface area (Å²) in [5.74, 6) is -2.99. The van der Waals surface area contributed by atoms with Crippen LogP contribution in [0.25, 0.3) is 0 Å². The Morgan fingerprint density at radius 2 is 1.60 bits per heavy atom. The normalized spacial score (nSPS) is 12.9. The van der Waals surface area contributed by atoms with Crippen LogP contribution in [0.4, 0.5) is 0 Å². The summed E-state index contributed by atoms with van der Waals surface area (Å²) in [7, 11) is 0. The fourth-order valence-electron chi connectivity index (χ4n) is 4.32. The van der Waals surface area contributed by atoms with Gasteiger partial charge in [-0.3, -0.25) is 24.0 Å². The second kappa shape index (κ2) is 19.7. The van der Waals surface area contributed by atoms with Crippen LogP contribution in [0, 0.1) is 5.92 Å². The highest BCUT2D eigenvalue weighted by Crippen LogP contribution is 2.13. The number of benzene rings is 1. The van der Waals surface area contributed by atoms with Crippen LogP contribution in [0.15, 0.2) is 36.8 Å². The lowest BCUT2D eigenvalue weighted by molar-refractivity contribution is -0.146. The predicted molar refractivity (Wildman–Crippen MR) is 165 cm³/mol. The molecule has 0 fully saturated rings. The lowest BCUT2D eigenvalue weighted by Crippen LogP contribution is -2.57. The number of aromatic amines is 1. The third kappa shape index (κ3) is 14.7. The number of aromatic nitrogens is 2. The minimum Gasteiger partial charge on any atom is -0.508 e. The molecule has 0 saturated heterocycles. The number of hydrogen-bond donors (Lipinski definition) is 6. The first-order valence-corrected chi connectivity index (χ1v) is 15.1. The molecule has 0 spiro atoms. The van der Waals surface area contributed by atoms with E-state index in [0.717, 1.165) is 12.1 Å². The number of nitrogens with zero attached hydrogens (tertiary/aromatic N) is 1. The van der Waals surface area contributed by atoms with Crippen molar-refractivity contribution in [3.8, 4) is 5.75 Å². The van der Waals surface area contributed by atoms with Gasteiger partial charge < -0.3 is 40.8 Å². The van der Waals surface area contributed by atoms with Gasteiger partial charge in [0.2, 0.25) is 23.6 Å². The van der Waals surface area contributed by atoms with E-state index in [0.29, 0.717) is 18.6 Å². The predicted octanol–water partition coefficient (Wildman–Crippen LogP) is 0.897. The van der Waals surface area contributed by atoms with Crippen molar-refractivity contribution in [2.45, 2.75) is 77.9 Å². The molecule has 1 aromatic carbocycles. The molecule has 0 unspecified atom stereocenters. The van der Waals surface area contributed by atoms with Gasteiger partial charge in [0.25, 0.3) is 0 Å². The van der Waals surface area contributed by atoms with Crippen molar-refractivity contribution < 1.29 is 38.6 Å². The molecular weight excluding hydrogens is 584 g/mol. The summed E-state index contributed by atoms with van der Waals surface area (Å²) in [6.45, 7) is 7.97. The van der Waals surface area contributed by atoms with Gasteiger partial charge in [0.15, 0.2) is 0 Å². The van der Waals surface area contributed by atoms with Crippen LogP contribution in [0.5, 0.6) is 5.75 Å². The molecule has 6 N–H and O–H groups in total. The van der Waals surface area contributed by atoms with Crippen LogP contribution >= 0.6 is 0 Å². The molecule has 0 aliphatic carbocycles. The summed E-state index contributed by atoms with van der Waals surface area (Å²) in [5, 5.41) is 20.2. The van der Waals surface area contributed by atoms with Crippen LogP contribution < -0.4 is 21.3 Å². The highest BCUT2D eigenvalue weighted by molar-refractivity contribution is 5.95. The van der Waals surface area contributed by atoms with Crippen LogP contribution in [0.1, 0.15) is 58.2 Å². The standard InChI is InChI=1S/C31H46N6O8/c1-5-12-44-14-11-33-29(41)27(17-28(40)45-13-10-23-18-32-19-34-23)37-30(42)25(15-20(2)3)36-31(43)26(35-21(4)38)16-22-6-8-24(39)9-7-22/h6-9,18-20,25-27,39H,5,10-17H2,1-4H3,(H,32,34)(H,33,41)(H,35,38)(H,36,43)(H,37,42)/t25-,26+,27+/m1/s1. The number of aromatic hydroxyl groups is 1. The van der Waals surface area contributed by atoms with Gasteiger partial charge in [-0.25, -0.2) is 4.98 Å². The Morgan fingerprint density at radius 3 is 2.22 bits per heavy atom. The number of H-pyrrole nitrogens is 1. The maximum Gasteiger partial charge on any atom is 0.308 e. The van der Waals surface area contributed by atoms with Gasteiger partial charge in [0.05, 0.1) is 26.0 Å². The van der Waals surface area contributed by atoms with Crippen molar-refractivity contribution in [2.24, 2.45) is 5.92 Å². The largest absolute Gasteiger partial charge is 0.508 e. The molecular formula is C31H46N6O8. The third-order valence-electron chi connectivity index (χ3n) is 6.50. The molecule has 14 nitrogen and oxygen atoms in total. The van der Waals surface area contributed by atoms with Crippen LogP contribution in [0.3, 0.4) is 0 Å². The number of esters is 1. The third-order valence-corrected chi connectivity index (χ3v) is 6.50. The van der Waals surface area contributed by atoms with Gasteiger partial charge in [-0.05, 0) is 36.5 Å². The summed E-state index contributed by atoms with van der Waals surface area (Å²) in [6.07, 6.45) is 4.22. The minimum atomic E-state index is -1.28. The molecule has 0 bridgehead atoms. The van der Waals surface area contributed by atoms with Crippen molar-refractivity contribution in [3.63, 3.8) is 0 Å². The van der Waals surface area contributed by atoms with E-state index in [2.05, 4.69) is 31.2 Å². The average molecular weight is 631 g/mol. The van der Waals surface area contributed by atoms with Crippen LogP contribution in [-0.2, 0) is 46.3 Å². The van der Waals surface area contributed by atoms with Gasteiger partial charge in [-0.15, -0.1) is 0 Å². The van der Waals surface area contributed by atoms with Gasteiger partial charge in [0.1, 0.15) is 23.9 Å². The van der Waals surface area contributed by atoms with Crippen molar-refractivity contribution in [2.75, 3.05) is 26.4 Å². The first kappa shape index (κ1) is 36.7. The number of amides is 4. The second-order valence-corrected chi connectivity index (χ2v) is 11.0. The first-order valence-electron chi connectivity index (χ1n) is 15.1. The summed E-state index contributed by atoms with van der Waals surface area (Å²) in [4.78, 5) is 71.3. The van der Waals surface area contributed by atoms with Crippen LogP contribution in [0.2, 0.25) is 0 Å². The molecule has 0 radical (unpaired) electrons. The minimum absolute atomic E-state index is 0.0344. The van der Waals surface area contributed by atoms with Crippen LogP contribution in [-0.4, -0.2) is 89.2 Å². The fraction of sp³-hybridized carbons (Fsp3) is 0.548. The molecule has 45 heavy (non-hydrogen) atoms. The highest BCUT2D eigenvalue weighted by Gasteiger charge is 2.31. The number of ether oxygens (including phenoxy) is 2. The van der Waals surface area contributed by atoms with E-state index in [4.69, 9.17) is 9.47 Å². The van der Waals surface area contributed by atoms with E-state index in [1.165, 1.54) is 25.4 Å². The number of rotatable bonds is 20. The Labute approximate surface area is 263 Å². The maximum atomic E-state index is 13.5. The van der Waals surface area contributed by atoms with E-state index in [-0.39, 0.29) is 44.3 Å². The number of phenols is 1. The molecule has 14 heteroatoms. The molecule has 2 aromatic rings. The van der Waals surface area contributed by atoms with Crippen molar-refractivity contribution in [1.29, 1.82) is 0 Å². The zero-order valence-electron chi connectivity index (χ0n) is 26.4. The summed E-state index contributed by atoms with van der Waals surface area (Å²) >= 11 is 0. The Morgan fingerprint density at radius 1 is 0.911 bits per heavy atom. The topological polar surface area (TPSA) is 201 Å². The summed E-state index contributed by atoms with van der Waals surface area (Å²) in [6, 6.07) is 2.82. The number of imidazole rings is 1. The lowest BCUT2D eigenvalue weighted by Gasteiger charge is -2.26. The quantitative estimate of drug-likeness (QED) is 0.0908. The molecule has 1 aromatic heterocycles. The number of phenolic OH excluding ortho intramolecular Hbond substituents is 1. The van der Waals surface area contributed by atoms with Crippen molar-refractivity contribution in [3.05, 3.63) is 48.0 Å². The van der Waals surface area contributed by atoms with Gasteiger partial charge >= 0.3 is 5.97 Å². The van der Waals surface area contributed by atoms with Gasteiger partial charge in [0, 0.05) is 44.8 Å². The monoisotopic (exact) mass is 630 g/mol. The Bertz CT molecular complexity index is 1220. The van der Waals surface area contributed by atoms with E-state index >= 15 is 0 Å². The number of carbonyl (C=O) groups excluding carboxylic acids is 5. The zero-order chi connectivity index (χ0) is 33.2. The summed E-state index contributed by atoms with van der Waals surface area (Å²) < 4.78 is 10.7. The maximum absolute atomic E-state index is 13.5. The van der Waals surface area contributed by atoms with Crippen molar-refractivity contribution >= 4 is 29.6 Å². The number of nitrogens with one attached hydrogen (secondary N) is 5. The van der Waals surface area contributed by atoms with Crippen molar-refractivity contribution in [1.82, 2.24) is 31.2 Å². The first-order chi connectivity index (χ1) is 21.5. The Hall–Kier alpha value is -4.46. The summed E-state index contributed by atoms with van der Waals surface area (Å²) in [5.41, 5.74) is 1.45. The number of carbonyl (C=O) groups is 5. The second-order valence-electron chi connectivity index (χ2n) is 11.0. The molecule has 3 atom stereocenters. The smallest absolute Gasteiger partial charge is 0.308 e. The Balaban J connectivity index is 2.14. The fourth-order valence-corrected chi connectivity index (χ4v) is 4.32. The Kier molecular flexibility index (Phi) is 16.1. The number of hydrogen-bond acceptors (Lipinski definition) is 9. The lowest BCUT2D eigenvalue weighted by atomic mass is 10.0. The van der Waals surface area contributed by atoms with E-state index in [9.17, 15) is 29.1 Å². The van der Waals surface area contributed by atoms with Gasteiger partial charge in [-0.1, -0.05) is 32.9 Å². The molecule has 0 aliphatic heterocycles. The molecule has 2 rings (SSSR count). The highest BCUT2D eigenvalue weighted by atomic mass is 16.5. The van der Waals surface area contributed by atoms with E-state index in [1.54, 1.807) is 18.3 Å². The molecule has 4 amide bonds. The molecule has 248 valence electrons. The molecule has 0 saturated carbocycles. The van der Waals surface area contributed by atoms with Gasteiger partial charge in [-0.2, -0.15) is 0 Å². The molecule has 1 heterocycles. The molecule has 0 aliphatic rings. The average Bonchev–Trinajstić information content (AvgIpc) is 3.50. The van der Waals surface area contributed by atoms with E-state index in [1.807, 2.05) is 20.8 Å². The zero-order valence-corrected chi connectivity index (χ0v) is 26.4. The SMILES string of the molecule is CCCOCCNC(=O)[C@H](CC(=O)OCCc1cnc[nH]1)NC(=O)[C@@H](CC(C)C)NC(=O)[C@H](Cc1ccc(O)cc1)NC(C)=O.